The molecule has 0 aliphatic heterocycles. The van der Waals surface area contributed by atoms with E-state index in [1.54, 1.807) is 0 Å². The van der Waals surface area contributed by atoms with Gasteiger partial charge in [-0.3, -0.25) is 4.84 Å². The van der Waals surface area contributed by atoms with Gasteiger partial charge in [0.2, 0.25) is 0 Å². The van der Waals surface area contributed by atoms with Gasteiger partial charge in [0.15, 0.2) is 0 Å². The molecule has 0 spiro atoms. The van der Waals surface area contributed by atoms with Crippen LogP contribution >= 0.6 is 0 Å². The third kappa shape index (κ3) is 4.35. The summed E-state index contributed by atoms with van der Waals surface area (Å²) in [4.78, 5) is 37.2. The summed E-state index contributed by atoms with van der Waals surface area (Å²) in [5.74, 6) is -2.16. The maximum atomic E-state index is 10.3. The highest BCUT2D eigenvalue weighted by molar-refractivity contribution is 5.42. The Morgan fingerprint density at radius 3 is 1.38 bits per heavy atom. The Morgan fingerprint density at radius 1 is 0.708 bits per heavy atom. The van der Waals surface area contributed by atoms with Crippen LogP contribution in [0.3, 0.4) is 0 Å². The van der Waals surface area contributed by atoms with Crippen molar-refractivity contribution in [1.29, 1.82) is 0 Å². The molecule has 1 rings (SSSR count). The van der Waals surface area contributed by atoms with Crippen LogP contribution in [0, 0.1) is 0 Å². The van der Waals surface area contributed by atoms with E-state index in [9.17, 15) is 5.11 Å². The van der Waals surface area contributed by atoms with Gasteiger partial charge >= 0.3 is 0 Å². The van der Waals surface area contributed by atoms with Crippen molar-refractivity contribution in [3.63, 3.8) is 0 Å². The lowest BCUT2D eigenvalue weighted by Crippen LogP contribution is -2.48. The van der Waals surface area contributed by atoms with Crippen molar-refractivity contribution in [2.24, 2.45) is 0 Å². The summed E-state index contributed by atoms with van der Waals surface area (Å²) in [6.07, 6.45) is 0. The predicted molar refractivity (Wildman–Crippen MR) is 79.9 cm³/mol. The molecule has 0 aromatic carbocycles. The Bertz CT molecular complexity index is 481. The van der Waals surface area contributed by atoms with E-state index in [0.29, 0.717) is 0 Å². The minimum Gasteiger partial charge on any atom is -0.347 e. The first-order valence-electron chi connectivity index (χ1n) is 6.53. The molecule has 1 aromatic heterocycles. The van der Waals surface area contributed by atoms with E-state index < -0.39 is 5.91 Å². The first kappa shape index (κ1) is 20.2. The molecule has 24 heavy (non-hydrogen) atoms. The molecule has 0 aliphatic rings. The lowest BCUT2D eigenvalue weighted by molar-refractivity contribution is -0.215. The van der Waals surface area contributed by atoms with Crippen molar-refractivity contribution >= 4 is 17.8 Å². The van der Waals surface area contributed by atoms with Crippen LogP contribution in [0.25, 0.3) is 0 Å². The number of ether oxygens (including phenoxy) is 1. The largest absolute Gasteiger partial charge is 0.347 e. The van der Waals surface area contributed by atoms with Crippen LogP contribution in [0.2, 0.25) is 0 Å². The lowest BCUT2D eigenvalue weighted by atomic mass is 10.5. The molecule has 0 bridgehead atoms. The monoisotopic (exact) mass is 350 g/mol. The Hall–Kier alpha value is -1.87. The second-order valence-electron chi connectivity index (χ2n) is 4.09. The van der Waals surface area contributed by atoms with Crippen LogP contribution in [-0.4, -0.2) is 68.6 Å². The summed E-state index contributed by atoms with van der Waals surface area (Å²) in [6, 6.07) is 0. The van der Waals surface area contributed by atoms with E-state index in [0.717, 1.165) is 15.5 Å². The fourth-order valence-electron chi connectivity index (χ4n) is 1.59. The predicted octanol–water partition coefficient (Wildman–Crippen LogP) is -0.590. The topological polar surface area (TPSA) is 124 Å². The van der Waals surface area contributed by atoms with Gasteiger partial charge in [-0.1, -0.05) is 10.5 Å². The van der Waals surface area contributed by atoms with E-state index >= 15 is 0 Å². The summed E-state index contributed by atoms with van der Waals surface area (Å²) < 4.78 is 4.95. The smallest absolute Gasteiger partial charge is 0.284 e. The Labute approximate surface area is 139 Å². The molecule has 1 aromatic rings. The molecule has 0 amide bonds. The second-order valence-corrected chi connectivity index (χ2v) is 4.09. The van der Waals surface area contributed by atoms with Gasteiger partial charge in [-0.2, -0.15) is 20.0 Å². The molecule has 0 saturated heterocycles. The molecular weight excluding hydrogens is 328 g/mol. The van der Waals surface area contributed by atoms with Crippen LogP contribution in [0.4, 0.5) is 17.8 Å². The van der Waals surface area contributed by atoms with E-state index in [4.69, 9.17) is 28.9 Å². The number of methoxy groups -OCH3 is 1. The minimum atomic E-state index is -1.87. The molecule has 0 radical (unpaired) electrons. The van der Waals surface area contributed by atoms with E-state index in [1.807, 2.05) is 0 Å². The Balaban J connectivity index is 3.47. The maximum absolute atomic E-state index is 10.3. The third-order valence-corrected chi connectivity index (χ3v) is 2.72. The maximum Gasteiger partial charge on any atom is 0.284 e. The Morgan fingerprint density at radius 2 is 1.08 bits per heavy atom. The van der Waals surface area contributed by atoms with Crippen LogP contribution in [0.5, 0.6) is 0 Å². The quantitative estimate of drug-likeness (QED) is 0.427. The van der Waals surface area contributed by atoms with Crippen molar-refractivity contribution in [3.8, 4) is 0 Å². The van der Waals surface area contributed by atoms with Gasteiger partial charge in [-0.15, -0.1) is 0 Å². The van der Waals surface area contributed by atoms with Crippen LogP contribution < -0.4 is 15.5 Å². The molecule has 1 heterocycles. The number of hydrogen-bond donors (Lipinski definition) is 1. The summed E-state index contributed by atoms with van der Waals surface area (Å²) >= 11 is 0. The Kier molecular flexibility index (Phi) is 7.43. The zero-order chi connectivity index (χ0) is 18.3. The average Bonchev–Trinajstić information content (AvgIpc) is 2.57. The number of hydrogen-bond acceptors (Lipinski definition) is 13. The molecule has 0 saturated carbocycles. The summed E-state index contributed by atoms with van der Waals surface area (Å²) in [5.41, 5.74) is 0. The van der Waals surface area contributed by atoms with Gasteiger partial charge in [-0.25, -0.2) is 19.4 Å². The summed E-state index contributed by atoms with van der Waals surface area (Å²) in [6.45, 7) is 1.33. The normalized spacial score (nSPS) is 13.5. The van der Waals surface area contributed by atoms with Crippen molar-refractivity contribution in [3.05, 3.63) is 0 Å². The van der Waals surface area contributed by atoms with Crippen LogP contribution in [-0.2, 0) is 28.9 Å². The molecule has 1 N–H and O–H groups in total. The van der Waals surface area contributed by atoms with E-state index in [2.05, 4.69) is 15.0 Å². The zero-order valence-corrected chi connectivity index (χ0v) is 14.6. The molecule has 0 fully saturated rings. The number of anilines is 3. The number of hydroxylamine groups is 1. The fraction of sp³-hybridized carbons (Fsp3) is 0.727. The van der Waals surface area contributed by atoms with Gasteiger partial charge in [0.25, 0.3) is 23.8 Å². The number of aliphatic hydroxyl groups is 1. The number of nitrogens with zero attached hydrogens (tertiary/aromatic N) is 6. The van der Waals surface area contributed by atoms with E-state index in [-0.39, 0.29) is 17.8 Å². The molecule has 1 unspecified atom stereocenters. The molecule has 13 heteroatoms. The summed E-state index contributed by atoms with van der Waals surface area (Å²) in [5, 5.41) is 12.9. The van der Waals surface area contributed by atoms with Gasteiger partial charge in [0, 0.05) is 14.0 Å². The van der Waals surface area contributed by atoms with Gasteiger partial charge in [-0.05, 0) is 0 Å². The first-order chi connectivity index (χ1) is 11.4. The molecule has 0 aliphatic carbocycles. The van der Waals surface area contributed by atoms with Gasteiger partial charge in [0.1, 0.15) is 0 Å². The lowest BCUT2D eigenvalue weighted by Gasteiger charge is -2.33. The average molecular weight is 350 g/mol. The number of rotatable bonds is 10. The van der Waals surface area contributed by atoms with Crippen molar-refractivity contribution in [2.45, 2.75) is 12.8 Å². The van der Waals surface area contributed by atoms with Gasteiger partial charge in [0.05, 0.1) is 35.5 Å². The molecule has 1 atom stereocenters. The van der Waals surface area contributed by atoms with Gasteiger partial charge < -0.3 is 9.84 Å². The second kappa shape index (κ2) is 8.84. The molecule has 13 nitrogen and oxygen atoms in total. The highest BCUT2D eigenvalue weighted by Gasteiger charge is 2.34. The summed E-state index contributed by atoms with van der Waals surface area (Å²) in [7, 11) is 7.95. The highest BCUT2D eigenvalue weighted by atomic mass is 16.9. The first-order valence-corrected chi connectivity index (χ1v) is 6.53. The van der Waals surface area contributed by atoms with Crippen molar-refractivity contribution < 1.29 is 34.0 Å². The zero-order valence-electron chi connectivity index (χ0n) is 14.6. The SMILES string of the molecule is CON(OC)c1nc(N(OC)OC)nc(N(OC)C(C)(O)OC)n1. The molecular formula is C11H22N6O7. The van der Waals surface area contributed by atoms with Crippen molar-refractivity contribution in [2.75, 3.05) is 58.2 Å². The van der Waals surface area contributed by atoms with Crippen LogP contribution in [0.1, 0.15) is 6.92 Å². The van der Waals surface area contributed by atoms with Crippen molar-refractivity contribution in [1.82, 2.24) is 15.0 Å². The fourth-order valence-corrected chi connectivity index (χ4v) is 1.59. The minimum absolute atomic E-state index is 0.0759. The number of aromatic nitrogens is 3. The van der Waals surface area contributed by atoms with Crippen LogP contribution in [0.15, 0.2) is 0 Å². The highest BCUT2D eigenvalue weighted by Crippen LogP contribution is 2.24. The standard InChI is InChI=1S/C11H22N6O7/c1-11(18,19-2)15(20-3)8-12-9(16(21-4)22-5)14-10(13-8)17(23-6)24-7/h18H,1-7H3. The molecule has 138 valence electrons. The van der Waals surface area contributed by atoms with E-state index in [1.165, 1.54) is 49.6 Å². The third-order valence-electron chi connectivity index (χ3n) is 2.72.